The van der Waals surface area contributed by atoms with Crippen molar-refractivity contribution in [2.45, 2.75) is 12.5 Å². The van der Waals surface area contributed by atoms with Crippen LogP contribution in [0.5, 0.6) is 5.75 Å². The molecular formula is C22H21NO3S2. The molecule has 0 spiro atoms. The summed E-state index contributed by atoms with van der Waals surface area (Å²) in [5.41, 5.74) is 2.87. The van der Waals surface area contributed by atoms with Gasteiger partial charge in [-0.25, -0.2) is 8.42 Å². The third-order valence-corrected chi connectivity index (χ3v) is 7.44. The first kappa shape index (κ1) is 18.9. The van der Waals surface area contributed by atoms with Gasteiger partial charge in [-0.1, -0.05) is 42.5 Å². The second-order valence-electron chi connectivity index (χ2n) is 6.59. The fourth-order valence-electron chi connectivity index (χ4n) is 3.51. The van der Waals surface area contributed by atoms with Gasteiger partial charge in [0.25, 0.3) is 0 Å². The highest BCUT2D eigenvalue weighted by atomic mass is 32.2. The number of fused-ring (bicyclic) bond motifs is 1. The second kappa shape index (κ2) is 7.91. The van der Waals surface area contributed by atoms with Crippen molar-refractivity contribution in [1.82, 2.24) is 4.31 Å². The second-order valence-corrected chi connectivity index (χ2v) is 9.37. The molecule has 1 aromatic heterocycles. The van der Waals surface area contributed by atoms with Crippen molar-refractivity contribution in [3.63, 3.8) is 0 Å². The van der Waals surface area contributed by atoms with Crippen LogP contribution in [0.2, 0.25) is 0 Å². The Labute approximate surface area is 169 Å². The molecule has 0 saturated carbocycles. The van der Waals surface area contributed by atoms with E-state index in [1.54, 1.807) is 28.8 Å². The fraction of sp³-hybridized carbons (Fsp3) is 0.182. The summed E-state index contributed by atoms with van der Waals surface area (Å²) in [6.45, 7) is 0.464. The standard InChI is InChI=1S/C22H21NO3S2/c1-26-19-9-7-18(8-10-19)22-20-12-15-27-21(20)11-14-23(22)28(24,25)16-13-17-5-3-2-4-6-17/h2-10,12-13,15-16,22H,11,14H2,1H3/b16-13+. The van der Waals surface area contributed by atoms with E-state index in [4.69, 9.17) is 4.74 Å². The van der Waals surface area contributed by atoms with E-state index >= 15 is 0 Å². The van der Waals surface area contributed by atoms with Gasteiger partial charge in [0, 0.05) is 16.8 Å². The molecule has 2 heterocycles. The highest BCUT2D eigenvalue weighted by Crippen LogP contribution is 2.40. The number of ether oxygens (including phenoxy) is 1. The normalized spacial score (nSPS) is 17.5. The Kier molecular flexibility index (Phi) is 5.35. The molecule has 0 N–H and O–H groups in total. The van der Waals surface area contributed by atoms with Gasteiger partial charge < -0.3 is 4.74 Å². The van der Waals surface area contributed by atoms with Crippen molar-refractivity contribution in [3.8, 4) is 5.75 Å². The number of benzene rings is 2. The zero-order chi connectivity index (χ0) is 19.6. The molecule has 6 heteroatoms. The molecule has 1 aliphatic rings. The van der Waals surface area contributed by atoms with E-state index in [-0.39, 0.29) is 6.04 Å². The fourth-order valence-corrected chi connectivity index (χ4v) is 5.77. The first-order valence-corrected chi connectivity index (χ1v) is 11.4. The van der Waals surface area contributed by atoms with Gasteiger partial charge in [-0.05, 0) is 52.8 Å². The number of sulfonamides is 1. The third kappa shape index (κ3) is 3.76. The predicted octanol–water partition coefficient (Wildman–Crippen LogP) is 4.70. The summed E-state index contributed by atoms with van der Waals surface area (Å²) in [7, 11) is -1.97. The molecule has 0 aliphatic carbocycles. The molecule has 0 saturated heterocycles. The summed E-state index contributed by atoms with van der Waals surface area (Å²) in [6, 6.07) is 18.8. The Morgan fingerprint density at radius 1 is 1.07 bits per heavy atom. The Bertz CT molecular complexity index is 1070. The summed E-state index contributed by atoms with van der Waals surface area (Å²) >= 11 is 1.69. The molecule has 0 amide bonds. The number of hydrogen-bond donors (Lipinski definition) is 0. The van der Waals surface area contributed by atoms with Crippen LogP contribution < -0.4 is 4.74 Å². The zero-order valence-corrected chi connectivity index (χ0v) is 17.1. The van der Waals surface area contributed by atoms with Crippen molar-refractivity contribution in [3.05, 3.63) is 93.0 Å². The average Bonchev–Trinajstić information content (AvgIpc) is 3.21. The molecule has 2 aromatic carbocycles. The first-order valence-electron chi connectivity index (χ1n) is 9.04. The molecule has 0 radical (unpaired) electrons. The van der Waals surface area contributed by atoms with Gasteiger partial charge in [0.1, 0.15) is 5.75 Å². The van der Waals surface area contributed by atoms with Crippen LogP contribution in [0.3, 0.4) is 0 Å². The van der Waals surface area contributed by atoms with Gasteiger partial charge in [-0.2, -0.15) is 4.31 Å². The SMILES string of the molecule is COc1ccc(C2c3ccsc3CCN2S(=O)(=O)/C=C/c2ccccc2)cc1. The van der Waals surface area contributed by atoms with E-state index in [9.17, 15) is 8.42 Å². The maximum absolute atomic E-state index is 13.2. The lowest BCUT2D eigenvalue weighted by molar-refractivity contribution is 0.351. The van der Waals surface area contributed by atoms with E-state index in [0.29, 0.717) is 6.54 Å². The lowest BCUT2D eigenvalue weighted by Crippen LogP contribution is -2.38. The largest absolute Gasteiger partial charge is 0.497 e. The molecule has 4 nitrogen and oxygen atoms in total. The maximum atomic E-state index is 13.2. The van der Waals surface area contributed by atoms with Crippen LogP contribution in [0.4, 0.5) is 0 Å². The van der Waals surface area contributed by atoms with Crippen LogP contribution in [0.1, 0.15) is 27.6 Å². The zero-order valence-electron chi connectivity index (χ0n) is 15.5. The number of rotatable bonds is 5. The maximum Gasteiger partial charge on any atom is 0.237 e. The number of hydrogen-bond acceptors (Lipinski definition) is 4. The summed E-state index contributed by atoms with van der Waals surface area (Å²) in [6.07, 6.45) is 2.39. The molecule has 4 rings (SSSR count). The summed E-state index contributed by atoms with van der Waals surface area (Å²) < 4.78 is 33.3. The molecule has 1 aliphatic heterocycles. The van der Waals surface area contributed by atoms with Crippen LogP contribution in [-0.2, 0) is 16.4 Å². The minimum atomic E-state index is -3.59. The van der Waals surface area contributed by atoms with E-state index in [2.05, 4.69) is 0 Å². The van der Waals surface area contributed by atoms with Crippen molar-refractivity contribution >= 4 is 27.4 Å². The van der Waals surface area contributed by atoms with E-state index in [1.807, 2.05) is 66.0 Å². The first-order chi connectivity index (χ1) is 13.6. The van der Waals surface area contributed by atoms with E-state index in [1.165, 1.54) is 10.3 Å². The Morgan fingerprint density at radius 2 is 1.82 bits per heavy atom. The van der Waals surface area contributed by atoms with Crippen LogP contribution >= 0.6 is 11.3 Å². The monoisotopic (exact) mass is 411 g/mol. The molecule has 144 valence electrons. The van der Waals surface area contributed by atoms with Crippen LogP contribution in [0.25, 0.3) is 6.08 Å². The van der Waals surface area contributed by atoms with Gasteiger partial charge in [0.05, 0.1) is 13.2 Å². The lowest BCUT2D eigenvalue weighted by atomic mass is 9.95. The Balaban J connectivity index is 1.72. The number of thiophene rings is 1. The number of nitrogens with zero attached hydrogens (tertiary/aromatic N) is 1. The third-order valence-electron chi connectivity index (χ3n) is 4.91. The predicted molar refractivity (Wildman–Crippen MR) is 114 cm³/mol. The molecule has 1 unspecified atom stereocenters. The van der Waals surface area contributed by atoms with Gasteiger partial charge in [0.15, 0.2) is 0 Å². The summed E-state index contributed by atoms with van der Waals surface area (Å²) in [5, 5.41) is 3.35. The van der Waals surface area contributed by atoms with Crippen LogP contribution in [0, 0.1) is 0 Å². The minimum absolute atomic E-state index is 0.327. The van der Waals surface area contributed by atoms with Crippen molar-refractivity contribution in [1.29, 1.82) is 0 Å². The lowest BCUT2D eigenvalue weighted by Gasteiger charge is -2.34. The van der Waals surface area contributed by atoms with Crippen molar-refractivity contribution in [2.75, 3.05) is 13.7 Å². The molecule has 28 heavy (non-hydrogen) atoms. The van der Waals surface area contributed by atoms with Crippen LogP contribution in [-0.4, -0.2) is 26.4 Å². The van der Waals surface area contributed by atoms with Crippen LogP contribution in [0.15, 0.2) is 71.5 Å². The summed E-state index contributed by atoms with van der Waals surface area (Å²) in [5.74, 6) is 0.753. The van der Waals surface area contributed by atoms with E-state index < -0.39 is 10.0 Å². The smallest absolute Gasteiger partial charge is 0.237 e. The topological polar surface area (TPSA) is 46.6 Å². The molecular weight excluding hydrogens is 390 g/mol. The van der Waals surface area contributed by atoms with Crippen molar-refractivity contribution < 1.29 is 13.2 Å². The average molecular weight is 412 g/mol. The highest BCUT2D eigenvalue weighted by molar-refractivity contribution is 7.92. The van der Waals surface area contributed by atoms with E-state index in [0.717, 1.165) is 28.9 Å². The Morgan fingerprint density at radius 3 is 2.54 bits per heavy atom. The van der Waals surface area contributed by atoms with Gasteiger partial charge in [-0.3, -0.25) is 0 Å². The molecule has 0 fully saturated rings. The Hall–Kier alpha value is -2.41. The summed E-state index contributed by atoms with van der Waals surface area (Å²) in [4.78, 5) is 1.25. The van der Waals surface area contributed by atoms with Gasteiger partial charge in [-0.15, -0.1) is 11.3 Å². The molecule has 0 bridgehead atoms. The van der Waals surface area contributed by atoms with Crippen molar-refractivity contribution in [2.24, 2.45) is 0 Å². The molecule has 1 atom stereocenters. The highest BCUT2D eigenvalue weighted by Gasteiger charge is 2.35. The van der Waals surface area contributed by atoms with Gasteiger partial charge in [0.2, 0.25) is 10.0 Å². The quantitative estimate of drug-likeness (QED) is 0.611. The molecule has 3 aromatic rings. The van der Waals surface area contributed by atoms with Gasteiger partial charge >= 0.3 is 0 Å². The minimum Gasteiger partial charge on any atom is -0.497 e. The number of methoxy groups -OCH3 is 1.